The lowest BCUT2D eigenvalue weighted by Crippen LogP contribution is -2.35. The van der Waals surface area contributed by atoms with Gasteiger partial charge in [-0.25, -0.2) is 4.39 Å². The van der Waals surface area contributed by atoms with Crippen molar-refractivity contribution in [3.05, 3.63) is 41.9 Å². The summed E-state index contributed by atoms with van der Waals surface area (Å²) in [4.78, 5) is 0.696. The standard InChI is InChI=1S/C15H20FNOS/c1-2-17-13(14-8-5-6-10-18-14)11-19-15-9-4-3-7-12(15)16/h3-4,7-9,13,17H,2,5-6,10-11H2,1H3. The molecule has 0 fully saturated rings. The third-order valence-electron chi connectivity index (χ3n) is 3.00. The number of benzene rings is 1. The first-order chi connectivity index (χ1) is 9.31. The van der Waals surface area contributed by atoms with Gasteiger partial charge in [-0.2, -0.15) is 0 Å². The van der Waals surface area contributed by atoms with Crippen LogP contribution in [-0.4, -0.2) is 24.9 Å². The molecule has 104 valence electrons. The van der Waals surface area contributed by atoms with Crippen LogP contribution in [-0.2, 0) is 4.74 Å². The molecule has 2 nitrogen and oxygen atoms in total. The molecule has 0 saturated heterocycles. The quantitative estimate of drug-likeness (QED) is 0.805. The van der Waals surface area contributed by atoms with E-state index in [9.17, 15) is 4.39 Å². The van der Waals surface area contributed by atoms with Crippen LogP contribution in [0.3, 0.4) is 0 Å². The predicted octanol–water partition coefficient (Wildman–Crippen LogP) is 3.59. The summed E-state index contributed by atoms with van der Waals surface area (Å²) in [6.07, 6.45) is 4.31. The Morgan fingerprint density at radius 3 is 2.95 bits per heavy atom. The summed E-state index contributed by atoms with van der Waals surface area (Å²) in [6.45, 7) is 3.74. The first-order valence-electron chi connectivity index (χ1n) is 6.75. The first-order valence-corrected chi connectivity index (χ1v) is 7.73. The molecule has 0 saturated carbocycles. The number of rotatable bonds is 6. The summed E-state index contributed by atoms with van der Waals surface area (Å²) in [7, 11) is 0. The third kappa shape index (κ3) is 4.25. The zero-order valence-corrected chi connectivity index (χ0v) is 12.0. The van der Waals surface area contributed by atoms with Crippen LogP contribution in [0.4, 0.5) is 4.39 Å². The van der Waals surface area contributed by atoms with Gasteiger partial charge in [0.15, 0.2) is 0 Å². The molecule has 19 heavy (non-hydrogen) atoms. The minimum atomic E-state index is -0.152. The summed E-state index contributed by atoms with van der Waals surface area (Å²) >= 11 is 1.53. The molecule has 1 aliphatic heterocycles. The van der Waals surface area contributed by atoms with Gasteiger partial charge in [0.1, 0.15) is 11.6 Å². The Balaban J connectivity index is 1.97. The number of ether oxygens (including phenoxy) is 1. The molecule has 0 spiro atoms. The van der Waals surface area contributed by atoms with Crippen LogP contribution >= 0.6 is 11.8 Å². The molecule has 0 amide bonds. The van der Waals surface area contributed by atoms with Crippen molar-refractivity contribution in [1.29, 1.82) is 0 Å². The van der Waals surface area contributed by atoms with E-state index in [0.29, 0.717) is 4.90 Å². The van der Waals surface area contributed by atoms with E-state index in [2.05, 4.69) is 18.3 Å². The van der Waals surface area contributed by atoms with E-state index in [0.717, 1.165) is 37.5 Å². The minimum Gasteiger partial charge on any atom is -0.497 e. The van der Waals surface area contributed by atoms with Gasteiger partial charge in [0, 0.05) is 10.6 Å². The molecule has 4 heteroatoms. The van der Waals surface area contributed by atoms with E-state index in [1.54, 1.807) is 6.07 Å². The van der Waals surface area contributed by atoms with Crippen LogP contribution in [0.1, 0.15) is 19.8 Å². The Kier molecular flexibility index (Phi) is 5.73. The van der Waals surface area contributed by atoms with E-state index >= 15 is 0 Å². The maximum absolute atomic E-state index is 13.6. The van der Waals surface area contributed by atoms with E-state index in [4.69, 9.17) is 4.74 Å². The fourth-order valence-electron chi connectivity index (χ4n) is 2.04. The van der Waals surface area contributed by atoms with Crippen molar-refractivity contribution in [3.63, 3.8) is 0 Å². The SMILES string of the molecule is CCNC(CSc1ccccc1F)C1=CCCCO1. The molecule has 1 aliphatic rings. The predicted molar refractivity (Wildman–Crippen MR) is 77.9 cm³/mol. The topological polar surface area (TPSA) is 21.3 Å². The lowest BCUT2D eigenvalue weighted by atomic mass is 10.1. The summed E-state index contributed by atoms with van der Waals surface area (Å²) in [5.41, 5.74) is 0. The molecular formula is C15H20FNOS. The van der Waals surface area contributed by atoms with E-state index in [1.807, 2.05) is 12.1 Å². The molecule has 1 heterocycles. The molecule has 1 aromatic carbocycles. The van der Waals surface area contributed by atoms with Crippen molar-refractivity contribution in [2.45, 2.75) is 30.7 Å². The van der Waals surface area contributed by atoms with Crippen LogP contribution < -0.4 is 5.32 Å². The number of hydrogen-bond donors (Lipinski definition) is 1. The highest BCUT2D eigenvalue weighted by molar-refractivity contribution is 7.99. The smallest absolute Gasteiger partial charge is 0.136 e. The second kappa shape index (κ2) is 7.56. The summed E-state index contributed by atoms with van der Waals surface area (Å²) in [5, 5.41) is 3.41. The van der Waals surface area contributed by atoms with Gasteiger partial charge in [-0.05, 0) is 37.6 Å². The highest BCUT2D eigenvalue weighted by Gasteiger charge is 2.17. The highest BCUT2D eigenvalue weighted by Crippen LogP contribution is 2.25. The first kappa shape index (κ1) is 14.4. The maximum atomic E-state index is 13.6. The average molecular weight is 281 g/mol. The number of nitrogens with one attached hydrogen (secondary N) is 1. The summed E-state index contributed by atoms with van der Waals surface area (Å²) in [6, 6.07) is 7.06. The zero-order chi connectivity index (χ0) is 13.5. The maximum Gasteiger partial charge on any atom is 0.136 e. The molecule has 1 atom stereocenters. The fraction of sp³-hybridized carbons (Fsp3) is 0.467. The number of halogens is 1. The molecule has 2 rings (SSSR count). The van der Waals surface area contributed by atoms with Crippen molar-refractivity contribution in [3.8, 4) is 0 Å². The summed E-state index contributed by atoms with van der Waals surface area (Å²) < 4.78 is 19.3. The monoisotopic (exact) mass is 281 g/mol. The second-order valence-electron chi connectivity index (χ2n) is 4.45. The number of allylic oxidation sites excluding steroid dienone is 1. The van der Waals surface area contributed by atoms with E-state index < -0.39 is 0 Å². The van der Waals surface area contributed by atoms with Crippen LogP contribution in [0.25, 0.3) is 0 Å². The Hall–Kier alpha value is -1.00. The van der Waals surface area contributed by atoms with Gasteiger partial charge >= 0.3 is 0 Å². The van der Waals surface area contributed by atoms with Crippen LogP contribution in [0.2, 0.25) is 0 Å². The van der Waals surface area contributed by atoms with Crippen LogP contribution in [0.5, 0.6) is 0 Å². The Morgan fingerprint density at radius 1 is 1.42 bits per heavy atom. The second-order valence-corrected chi connectivity index (χ2v) is 5.51. The molecule has 0 aliphatic carbocycles. The molecular weight excluding hydrogens is 261 g/mol. The molecule has 0 radical (unpaired) electrons. The van der Waals surface area contributed by atoms with Gasteiger partial charge in [-0.1, -0.05) is 19.1 Å². The normalized spacial score (nSPS) is 16.6. The van der Waals surface area contributed by atoms with Gasteiger partial charge in [0.05, 0.1) is 12.6 Å². The van der Waals surface area contributed by atoms with Crippen LogP contribution in [0.15, 0.2) is 41.0 Å². The minimum absolute atomic E-state index is 0.152. The van der Waals surface area contributed by atoms with Gasteiger partial charge in [-0.15, -0.1) is 11.8 Å². The lowest BCUT2D eigenvalue weighted by Gasteiger charge is -2.24. The number of likely N-dealkylation sites (N-methyl/N-ethyl adjacent to an activating group) is 1. The van der Waals surface area contributed by atoms with E-state index in [-0.39, 0.29) is 11.9 Å². The Labute approximate surface area is 118 Å². The highest BCUT2D eigenvalue weighted by atomic mass is 32.2. The van der Waals surface area contributed by atoms with Crippen LogP contribution in [0, 0.1) is 5.82 Å². The van der Waals surface area contributed by atoms with Gasteiger partial charge < -0.3 is 10.1 Å². The van der Waals surface area contributed by atoms with Gasteiger partial charge in [-0.3, -0.25) is 0 Å². The molecule has 1 unspecified atom stereocenters. The van der Waals surface area contributed by atoms with Crippen molar-refractivity contribution in [2.75, 3.05) is 18.9 Å². The van der Waals surface area contributed by atoms with Crippen molar-refractivity contribution >= 4 is 11.8 Å². The molecule has 0 aromatic heterocycles. The summed E-state index contributed by atoms with van der Waals surface area (Å²) in [5.74, 6) is 1.64. The Bertz CT molecular complexity index is 436. The molecule has 1 aromatic rings. The largest absolute Gasteiger partial charge is 0.497 e. The van der Waals surface area contributed by atoms with E-state index in [1.165, 1.54) is 17.8 Å². The van der Waals surface area contributed by atoms with Crippen molar-refractivity contribution < 1.29 is 9.13 Å². The average Bonchev–Trinajstić information content (AvgIpc) is 2.46. The lowest BCUT2D eigenvalue weighted by molar-refractivity contribution is 0.172. The Morgan fingerprint density at radius 2 is 2.26 bits per heavy atom. The zero-order valence-electron chi connectivity index (χ0n) is 11.2. The fourth-order valence-corrected chi connectivity index (χ4v) is 3.05. The number of hydrogen-bond acceptors (Lipinski definition) is 3. The van der Waals surface area contributed by atoms with Crippen molar-refractivity contribution in [1.82, 2.24) is 5.32 Å². The van der Waals surface area contributed by atoms with Gasteiger partial charge in [0.25, 0.3) is 0 Å². The molecule has 0 bridgehead atoms. The molecule has 1 N–H and O–H groups in total. The van der Waals surface area contributed by atoms with Crippen molar-refractivity contribution in [2.24, 2.45) is 0 Å². The van der Waals surface area contributed by atoms with Gasteiger partial charge in [0.2, 0.25) is 0 Å². The third-order valence-corrected chi connectivity index (χ3v) is 4.14. The number of thioether (sulfide) groups is 1.